The van der Waals surface area contributed by atoms with Gasteiger partial charge in [0.1, 0.15) is 0 Å². The fourth-order valence-electron chi connectivity index (χ4n) is 2.69. The average Bonchev–Trinajstić information content (AvgIpc) is 3.37. The number of fused-ring (bicyclic) bond motifs is 1. The first kappa shape index (κ1) is 14.4. The van der Waals surface area contributed by atoms with E-state index in [1.807, 2.05) is 24.3 Å². The van der Waals surface area contributed by atoms with Crippen LogP contribution in [0.3, 0.4) is 0 Å². The monoisotopic (exact) mass is 321 g/mol. The first-order valence-electron chi connectivity index (χ1n) is 7.74. The third-order valence-electron chi connectivity index (χ3n) is 4.20. The van der Waals surface area contributed by atoms with Gasteiger partial charge < -0.3 is 10.4 Å². The molecule has 1 fully saturated rings. The van der Waals surface area contributed by atoms with E-state index in [9.17, 15) is 9.59 Å². The summed E-state index contributed by atoms with van der Waals surface area (Å²) in [6, 6.07) is 12.4. The van der Waals surface area contributed by atoms with Crippen molar-refractivity contribution < 1.29 is 14.7 Å². The van der Waals surface area contributed by atoms with Gasteiger partial charge in [-0.25, -0.2) is 4.79 Å². The minimum Gasteiger partial charge on any atom is -0.478 e. The lowest BCUT2D eigenvalue weighted by atomic mass is 10.0. The molecule has 0 unspecified atom stereocenters. The van der Waals surface area contributed by atoms with Gasteiger partial charge in [0.05, 0.1) is 11.1 Å². The Morgan fingerprint density at radius 3 is 2.67 bits per heavy atom. The van der Waals surface area contributed by atoms with Crippen LogP contribution in [0, 0.1) is 5.92 Å². The van der Waals surface area contributed by atoms with Gasteiger partial charge in [0.25, 0.3) is 0 Å². The Hall–Kier alpha value is -3.15. The fraction of sp³-hybridized carbons (Fsp3) is 0.167. The third kappa shape index (κ3) is 2.62. The number of nitrogens with one attached hydrogen (secondary N) is 2. The lowest BCUT2D eigenvalue weighted by molar-refractivity contribution is -0.117. The van der Waals surface area contributed by atoms with Crippen LogP contribution in [-0.2, 0) is 4.79 Å². The van der Waals surface area contributed by atoms with E-state index in [-0.39, 0.29) is 17.4 Å². The van der Waals surface area contributed by atoms with Gasteiger partial charge in [-0.3, -0.25) is 9.89 Å². The molecule has 0 bridgehead atoms. The molecular formula is C18H15N3O3. The first-order chi connectivity index (χ1) is 11.6. The maximum Gasteiger partial charge on any atom is 0.335 e. The van der Waals surface area contributed by atoms with E-state index in [2.05, 4.69) is 15.5 Å². The number of carboxylic acids is 1. The topological polar surface area (TPSA) is 95.1 Å². The normalized spacial score (nSPS) is 13.8. The molecule has 6 nitrogen and oxygen atoms in total. The van der Waals surface area contributed by atoms with Crippen LogP contribution >= 0.6 is 0 Å². The average molecular weight is 321 g/mol. The van der Waals surface area contributed by atoms with Crippen molar-refractivity contribution in [2.75, 3.05) is 5.32 Å². The molecule has 1 aromatic heterocycles. The van der Waals surface area contributed by atoms with Crippen LogP contribution in [-0.4, -0.2) is 27.2 Å². The van der Waals surface area contributed by atoms with Gasteiger partial charge in [0, 0.05) is 11.3 Å². The zero-order chi connectivity index (χ0) is 16.7. The first-order valence-corrected chi connectivity index (χ1v) is 7.74. The van der Waals surface area contributed by atoms with E-state index in [1.165, 1.54) is 0 Å². The summed E-state index contributed by atoms with van der Waals surface area (Å²) in [5.74, 6) is -0.284. The number of amides is 1. The quantitative estimate of drug-likeness (QED) is 0.687. The van der Waals surface area contributed by atoms with Gasteiger partial charge in [-0.2, -0.15) is 5.10 Å². The highest BCUT2D eigenvalue weighted by Crippen LogP contribution is 2.32. The van der Waals surface area contributed by atoms with Crippen molar-refractivity contribution in [3.63, 3.8) is 0 Å². The standard InChI is InChI=1S/C18H15N3O3/c22-17(10-4-5-10)19-16-14-7-6-12(9-15(14)20-21-16)11-2-1-3-13(8-11)18(23)24/h1-3,6-10H,4-5H2,(H,23,24)(H2,19,20,21,22). The molecule has 1 amide bonds. The molecule has 0 spiro atoms. The molecule has 1 aliphatic rings. The Labute approximate surface area is 137 Å². The molecular weight excluding hydrogens is 306 g/mol. The molecule has 1 saturated carbocycles. The predicted molar refractivity (Wildman–Crippen MR) is 89.8 cm³/mol. The van der Waals surface area contributed by atoms with Crippen LogP contribution in [0.1, 0.15) is 23.2 Å². The lowest BCUT2D eigenvalue weighted by Crippen LogP contribution is -2.13. The Bertz CT molecular complexity index is 957. The van der Waals surface area contributed by atoms with Crippen molar-refractivity contribution in [1.82, 2.24) is 10.2 Å². The molecule has 4 rings (SSSR count). The molecule has 3 aromatic rings. The number of H-pyrrole nitrogens is 1. The van der Waals surface area contributed by atoms with Gasteiger partial charge in [-0.1, -0.05) is 18.2 Å². The molecule has 0 aliphatic heterocycles. The van der Waals surface area contributed by atoms with Crippen molar-refractivity contribution in [2.45, 2.75) is 12.8 Å². The number of aromatic nitrogens is 2. The van der Waals surface area contributed by atoms with Crippen LogP contribution in [0.5, 0.6) is 0 Å². The van der Waals surface area contributed by atoms with Crippen LogP contribution < -0.4 is 5.32 Å². The molecule has 3 N–H and O–H groups in total. The molecule has 1 aliphatic carbocycles. The number of carbonyl (C=O) groups excluding carboxylic acids is 1. The van der Waals surface area contributed by atoms with Crippen molar-refractivity contribution in [2.24, 2.45) is 5.92 Å². The summed E-state index contributed by atoms with van der Waals surface area (Å²) in [7, 11) is 0. The zero-order valence-electron chi connectivity index (χ0n) is 12.7. The minimum absolute atomic E-state index is 0.0154. The maximum atomic E-state index is 11.9. The smallest absolute Gasteiger partial charge is 0.335 e. The number of hydrogen-bond donors (Lipinski definition) is 3. The van der Waals surface area contributed by atoms with E-state index in [0.29, 0.717) is 5.82 Å². The summed E-state index contributed by atoms with van der Waals surface area (Å²) >= 11 is 0. The van der Waals surface area contributed by atoms with Crippen molar-refractivity contribution >= 4 is 28.6 Å². The van der Waals surface area contributed by atoms with Crippen molar-refractivity contribution in [3.8, 4) is 11.1 Å². The molecule has 0 radical (unpaired) electrons. The molecule has 0 saturated heterocycles. The Kier molecular flexibility index (Phi) is 3.30. The number of aromatic amines is 1. The summed E-state index contributed by atoms with van der Waals surface area (Å²) in [5, 5.41) is 19.9. The van der Waals surface area contributed by atoms with Crippen LogP contribution in [0.2, 0.25) is 0 Å². The van der Waals surface area contributed by atoms with Gasteiger partial charge in [-0.15, -0.1) is 0 Å². The van der Waals surface area contributed by atoms with E-state index < -0.39 is 5.97 Å². The number of anilines is 1. The second-order valence-electron chi connectivity index (χ2n) is 5.98. The molecule has 2 aromatic carbocycles. The van der Waals surface area contributed by atoms with Gasteiger partial charge >= 0.3 is 5.97 Å². The highest BCUT2D eigenvalue weighted by molar-refractivity contribution is 6.02. The number of nitrogens with zero attached hydrogens (tertiary/aromatic N) is 1. The third-order valence-corrected chi connectivity index (χ3v) is 4.20. The number of benzene rings is 2. The van der Waals surface area contributed by atoms with E-state index >= 15 is 0 Å². The van der Waals surface area contributed by atoms with Crippen LogP contribution in [0.4, 0.5) is 5.82 Å². The van der Waals surface area contributed by atoms with Gasteiger partial charge in [-0.05, 0) is 48.2 Å². The van der Waals surface area contributed by atoms with E-state index in [0.717, 1.165) is 34.9 Å². The molecule has 120 valence electrons. The minimum atomic E-state index is -0.954. The maximum absolute atomic E-state index is 11.9. The largest absolute Gasteiger partial charge is 0.478 e. The Morgan fingerprint density at radius 1 is 1.12 bits per heavy atom. The van der Waals surface area contributed by atoms with Crippen molar-refractivity contribution in [1.29, 1.82) is 0 Å². The van der Waals surface area contributed by atoms with E-state index in [4.69, 9.17) is 5.11 Å². The molecule has 0 atom stereocenters. The Morgan fingerprint density at radius 2 is 1.92 bits per heavy atom. The number of carbonyl (C=O) groups is 2. The fourth-order valence-corrected chi connectivity index (χ4v) is 2.69. The molecule has 1 heterocycles. The Balaban J connectivity index is 1.67. The lowest BCUT2D eigenvalue weighted by Gasteiger charge is -2.04. The van der Waals surface area contributed by atoms with Crippen LogP contribution in [0.25, 0.3) is 22.0 Å². The predicted octanol–water partition coefficient (Wildman–Crippen LogP) is 3.28. The second-order valence-corrected chi connectivity index (χ2v) is 5.98. The van der Waals surface area contributed by atoms with E-state index in [1.54, 1.807) is 18.2 Å². The SMILES string of the molecule is O=C(O)c1cccc(-c2ccc3c(NC(=O)C4CC4)n[nH]c3c2)c1. The zero-order valence-corrected chi connectivity index (χ0v) is 12.7. The summed E-state index contributed by atoms with van der Waals surface area (Å²) in [4.78, 5) is 23.0. The summed E-state index contributed by atoms with van der Waals surface area (Å²) in [6.45, 7) is 0. The summed E-state index contributed by atoms with van der Waals surface area (Å²) in [6.07, 6.45) is 1.89. The van der Waals surface area contributed by atoms with Gasteiger partial charge in [0.2, 0.25) is 5.91 Å². The highest BCUT2D eigenvalue weighted by Gasteiger charge is 2.30. The molecule has 24 heavy (non-hydrogen) atoms. The highest BCUT2D eigenvalue weighted by atomic mass is 16.4. The summed E-state index contributed by atoms with van der Waals surface area (Å²) in [5.41, 5.74) is 2.73. The number of carboxylic acid groups (broad SMARTS) is 1. The number of hydrogen-bond acceptors (Lipinski definition) is 3. The van der Waals surface area contributed by atoms with Crippen LogP contribution in [0.15, 0.2) is 42.5 Å². The van der Waals surface area contributed by atoms with Gasteiger partial charge in [0.15, 0.2) is 5.82 Å². The summed E-state index contributed by atoms with van der Waals surface area (Å²) < 4.78 is 0. The molecule has 6 heteroatoms. The second kappa shape index (κ2) is 5.49. The number of rotatable bonds is 4. The number of aromatic carboxylic acids is 1. The van der Waals surface area contributed by atoms with Crippen molar-refractivity contribution in [3.05, 3.63) is 48.0 Å².